The Labute approximate surface area is 174 Å². The van der Waals surface area contributed by atoms with Crippen LogP contribution in [0.15, 0.2) is 58.5 Å². The van der Waals surface area contributed by atoms with E-state index in [1.807, 2.05) is 62.1 Å². The van der Waals surface area contributed by atoms with E-state index < -0.39 is 0 Å². The van der Waals surface area contributed by atoms with E-state index in [0.717, 1.165) is 25.1 Å². The number of aryl methyl sites for hydroxylation is 1. The van der Waals surface area contributed by atoms with Gasteiger partial charge in [-0.2, -0.15) is 0 Å². The number of amides is 1. The van der Waals surface area contributed by atoms with Crippen molar-refractivity contribution in [2.45, 2.75) is 50.1 Å². The first-order valence-corrected chi connectivity index (χ1v) is 10.9. The SMILES string of the molecule is CC(Sc1nc2ccccc2c(=O)n1C(C)C)C(=O)N1CCCc2ccccc21. The zero-order valence-corrected chi connectivity index (χ0v) is 17.8. The van der Waals surface area contributed by atoms with Gasteiger partial charge in [0.05, 0.1) is 16.2 Å². The van der Waals surface area contributed by atoms with Crippen LogP contribution in [0.4, 0.5) is 5.69 Å². The summed E-state index contributed by atoms with van der Waals surface area (Å²) in [6, 6.07) is 15.4. The van der Waals surface area contributed by atoms with E-state index in [2.05, 4.69) is 6.07 Å². The summed E-state index contributed by atoms with van der Waals surface area (Å²) in [5.41, 5.74) is 2.83. The van der Waals surface area contributed by atoms with Gasteiger partial charge in [0.2, 0.25) is 5.91 Å². The summed E-state index contributed by atoms with van der Waals surface area (Å²) in [4.78, 5) is 32.9. The molecule has 0 aliphatic carbocycles. The predicted octanol–water partition coefficient (Wildman–Crippen LogP) is 4.44. The fourth-order valence-electron chi connectivity index (χ4n) is 3.85. The molecule has 2 heterocycles. The first-order chi connectivity index (χ1) is 14.0. The second-order valence-electron chi connectivity index (χ2n) is 7.66. The largest absolute Gasteiger partial charge is 0.311 e. The van der Waals surface area contributed by atoms with Gasteiger partial charge in [0.25, 0.3) is 5.56 Å². The lowest BCUT2D eigenvalue weighted by Gasteiger charge is -2.31. The van der Waals surface area contributed by atoms with E-state index in [1.165, 1.54) is 17.3 Å². The van der Waals surface area contributed by atoms with Crippen LogP contribution >= 0.6 is 11.8 Å². The molecule has 0 radical (unpaired) electrons. The standard InChI is InChI=1S/C23H25N3O2S/c1-15(2)26-22(28)18-11-5-6-12-19(18)24-23(26)29-16(3)21(27)25-14-8-10-17-9-4-7-13-20(17)25/h4-7,9,11-13,15-16H,8,10,14H2,1-3H3. The van der Waals surface area contributed by atoms with Gasteiger partial charge >= 0.3 is 0 Å². The Kier molecular flexibility index (Phi) is 5.46. The maximum absolute atomic E-state index is 13.3. The first-order valence-electron chi connectivity index (χ1n) is 10.0. The van der Waals surface area contributed by atoms with Crippen molar-refractivity contribution in [3.05, 3.63) is 64.4 Å². The highest BCUT2D eigenvalue weighted by Gasteiger charge is 2.28. The molecule has 0 bridgehead atoms. The highest BCUT2D eigenvalue weighted by atomic mass is 32.2. The average molecular weight is 408 g/mol. The molecule has 4 rings (SSSR count). The molecule has 29 heavy (non-hydrogen) atoms. The number of hydrogen-bond acceptors (Lipinski definition) is 4. The second kappa shape index (κ2) is 8.03. The Balaban J connectivity index is 1.68. The summed E-state index contributed by atoms with van der Waals surface area (Å²) in [5.74, 6) is 0.0554. The third kappa shape index (κ3) is 3.69. The summed E-state index contributed by atoms with van der Waals surface area (Å²) >= 11 is 1.36. The minimum atomic E-state index is -0.348. The average Bonchev–Trinajstić information content (AvgIpc) is 2.72. The van der Waals surface area contributed by atoms with E-state index in [9.17, 15) is 9.59 Å². The van der Waals surface area contributed by atoms with Gasteiger partial charge < -0.3 is 4.90 Å². The number of hydrogen-bond donors (Lipinski definition) is 0. The van der Waals surface area contributed by atoms with Gasteiger partial charge in [0.1, 0.15) is 0 Å². The number of fused-ring (bicyclic) bond motifs is 2. The normalized spacial score (nSPS) is 14.8. The molecule has 2 aromatic carbocycles. The minimum absolute atomic E-state index is 0.0416. The maximum atomic E-state index is 13.3. The van der Waals surface area contributed by atoms with Crippen LogP contribution in [0.1, 0.15) is 38.8 Å². The lowest BCUT2D eigenvalue weighted by atomic mass is 10.0. The Morgan fingerprint density at radius 3 is 2.59 bits per heavy atom. The predicted molar refractivity (Wildman–Crippen MR) is 119 cm³/mol. The third-order valence-electron chi connectivity index (χ3n) is 5.30. The molecular formula is C23H25N3O2S. The smallest absolute Gasteiger partial charge is 0.262 e. The molecule has 0 saturated heterocycles. The lowest BCUT2D eigenvalue weighted by molar-refractivity contribution is -0.117. The van der Waals surface area contributed by atoms with Crippen molar-refractivity contribution in [1.82, 2.24) is 9.55 Å². The zero-order chi connectivity index (χ0) is 20.5. The monoisotopic (exact) mass is 407 g/mol. The van der Waals surface area contributed by atoms with Gasteiger partial charge in [0.15, 0.2) is 5.16 Å². The molecular weight excluding hydrogens is 382 g/mol. The number of carbonyl (C=O) groups excluding carboxylic acids is 1. The van der Waals surface area contributed by atoms with Crippen LogP contribution in [0.5, 0.6) is 0 Å². The zero-order valence-electron chi connectivity index (χ0n) is 17.0. The molecule has 0 spiro atoms. The molecule has 1 aliphatic heterocycles. The van der Waals surface area contributed by atoms with Crippen LogP contribution in [-0.4, -0.2) is 27.3 Å². The lowest BCUT2D eigenvalue weighted by Crippen LogP contribution is -2.40. The summed E-state index contributed by atoms with van der Waals surface area (Å²) < 4.78 is 1.70. The number of aromatic nitrogens is 2. The quantitative estimate of drug-likeness (QED) is 0.474. The van der Waals surface area contributed by atoms with Crippen LogP contribution in [0.3, 0.4) is 0 Å². The number of thioether (sulfide) groups is 1. The highest BCUT2D eigenvalue weighted by molar-refractivity contribution is 8.00. The van der Waals surface area contributed by atoms with Gasteiger partial charge in [-0.3, -0.25) is 14.2 Å². The van der Waals surface area contributed by atoms with Crippen molar-refractivity contribution >= 4 is 34.3 Å². The number of benzene rings is 2. The van der Waals surface area contributed by atoms with Crippen molar-refractivity contribution < 1.29 is 4.79 Å². The topological polar surface area (TPSA) is 55.2 Å². The summed E-state index contributed by atoms with van der Waals surface area (Å²) in [5, 5.41) is 0.851. The number of rotatable bonds is 4. The molecule has 0 N–H and O–H groups in total. The van der Waals surface area contributed by atoms with Crippen molar-refractivity contribution in [2.24, 2.45) is 0 Å². The van der Waals surface area contributed by atoms with Gasteiger partial charge in [-0.1, -0.05) is 42.1 Å². The number of anilines is 1. The van der Waals surface area contributed by atoms with E-state index in [1.54, 1.807) is 10.6 Å². The second-order valence-corrected chi connectivity index (χ2v) is 8.97. The van der Waals surface area contributed by atoms with Crippen molar-refractivity contribution in [2.75, 3.05) is 11.4 Å². The number of para-hydroxylation sites is 2. The van der Waals surface area contributed by atoms with Gasteiger partial charge in [0, 0.05) is 18.3 Å². The van der Waals surface area contributed by atoms with E-state index >= 15 is 0 Å². The van der Waals surface area contributed by atoms with Crippen LogP contribution in [0.25, 0.3) is 10.9 Å². The molecule has 1 aliphatic rings. The van der Waals surface area contributed by atoms with Crippen molar-refractivity contribution in [3.63, 3.8) is 0 Å². The van der Waals surface area contributed by atoms with E-state index in [-0.39, 0.29) is 22.8 Å². The fraction of sp³-hybridized carbons (Fsp3) is 0.348. The van der Waals surface area contributed by atoms with Gasteiger partial charge in [-0.05, 0) is 57.4 Å². The highest BCUT2D eigenvalue weighted by Crippen LogP contribution is 2.31. The molecule has 1 unspecified atom stereocenters. The molecule has 150 valence electrons. The van der Waals surface area contributed by atoms with Crippen molar-refractivity contribution in [3.8, 4) is 0 Å². The Bertz CT molecular complexity index is 1120. The molecule has 3 aromatic rings. The molecule has 1 atom stereocenters. The molecule has 6 heteroatoms. The maximum Gasteiger partial charge on any atom is 0.262 e. The van der Waals surface area contributed by atoms with E-state index in [0.29, 0.717) is 16.1 Å². The summed E-state index contributed by atoms with van der Waals surface area (Å²) in [6.07, 6.45) is 1.96. The Hall–Kier alpha value is -2.60. The van der Waals surface area contributed by atoms with Gasteiger partial charge in [-0.25, -0.2) is 4.98 Å². The third-order valence-corrected chi connectivity index (χ3v) is 6.35. The number of nitrogens with zero attached hydrogens (tertiary/aromatic N) is 3. The number of carbonyl (C=O) groups is 1. The minimum Gasteiger partial charge on any atom is -0.311 e. The first kappa shape index (κ1) is 19.7. The molecule has 0 fully saturated rings. The fourth-order valence-corrected chi connectivity index (χ4v) is 4.96. The molecule has 1 aromatic heterocycles. The Morgan fingerprint density at radius 1 is 1.07 bits per heavy atom. The van der Waals surface area contributed by atoms with E-state index in [4.69, 9.17) is 4.98 Å². The van der Waals surface area contributed by atoms with Crippen LogP contribution in [-0.2, 0) is 11.2 Å². The van der Waals surface area contributed by atoms with Crippen LogP contribution in [0.2, 0.25) is 0 Å². The Morgan fingerprint density at radius 2 is 1.79 bits per heavy atom. The molecule has 0 saturated carbocycles. The van der Waals surface area contributed by atoms with Crippen LogP contribution in [0, 0.1) is 0 Å². The molecule has 1 amide bonds. The summed E-state index contributed by atoms with van der Waals surface area (Å²) in [6.45, 7) is 6.56. The van der Waals surface area contributed by atoms with Crippen molar-refractivity contribution in [1.29, 1.82) is 0 Å². The van der Waals surface area contributed by atoms with Gasteiger partial charge in [-0.15, -0.1) is 0 Å². The summed E-state index contributed by atoms with van der Waals surface area (Å²) in [7, 11) is 0. The molecule has 5 nitrogen and oxygen atoms in total. The van der Waals surface area contributed by atoms with Crippen LogP contribution < -0.4 is 10.5 Å².